The first-order chi connectivity index (χ1) is 8.67. The average molecular weight is 242 g/mol. The summed E-state index contributed by atoms with van der Waals surface area (Å²) in [4.78, 5) is 18.8. The fourth-order valence-corrected chi connectivity index (χ4v) is 1.52. The molecular weight excluding hydrogens is 231 g/mol. The molecule has 1 aromatic carbocycles. The van der Waals surface area contributed by atoms with Crippen molar-refractivity contribution in [3.05, 3.63) is 58.9 Å². The van der Waals surface area contributed by atoms with E-state index in [4.69, 9.17) is 0 Å². The molecule has 0 saturated heterocycles. The van der Waals surface area contributed by atoms with Crippen molar-refractivity contribution < 1.29 is 9.18 Å². The lowest BCUT2D eigenvalue weighted by atomic mass is 10.2. The molecule has 0 N–H and O–H groups in total. The van der Waals surface area contributed by atoms with Crippen LogP contribution in [0.5, 0.6) is 0 Å². The first-order valence-corrected chi connectivity index (χ1v) is 5.42. The van der Waals surface area contributed by atoms with Gasteiger partial charge in [0.25, 0.3) is 0 Å². The van der Waals surface area contributed by atoms with Gasteiger partial charge in [0.1, 0.15) is 17.3 Å². The summed E-state index contributed by atoms with van der Waals surface area (Å²) in [6, 6.07) is 7.71. The highest BCUT2D eigenvalue weighted by Gasteiger charge is 1.98. The monoisotopic (exact) mass is 242 g/mol. The molecule has 0 spiro atoms. The Kier molecular flexibility index (Phi) is 3.57. The van der Waals surface area contributed by atoms with E-state index in [1.165, 1.54) is 12.1 Å². The van der Waals surface area contributed by atoms with E-state index in [-0.39, 0.29) is 5.82 Å². The average Bonchev–Trinajstić information content (AvgIpc) is 2.37. The van der Waals surface area contributed by atoms with Crippen LogP contribution in [0.2, 0.25) is 0 Å². The SMILES string of the molecule is Cc1nc(C=O)cc(/C=C/c2ccc(F)cc2)n1. The van der Waals surface area contributed by atoms with Crippen LogP contribution in [-0.2, 0) is 0 Å². The first-order valence-electron chi connectivity index (χ1n) is 5.42. The summed E-state index contributed by atoms with van der Waals surface area (Å²) in [6.45, 7) is 1.72. The van der Waals surface area contributed by atoms with E-state index in [1.807, 2.05) is 0 Å². The third-order valence-corrected chi connectivity index (χ3v) is 2.31. The molecule has 0 amide bonds. The Hall–Kier alpha value is -2.36. The highest BCUT2D eigenvalue weighted by molar-refractivity contribution is 5.75. The normalized spacial score (nSPS) is 10.8. The topological polar surface area (TPSA) is 42.9 Å². The Morgan fingerprint density at radius 3 is 2.39 bits per heavy atom. The van der Waals surface area contributed by atoms with Gasteiger partial charge in [0.15, 0.2) is 6.29 Å². The second-order valence-electron chi connectivity index (χ2n) is 3.77. The summed E-state index contributed by atoms with van der Waals surface area (Å²) in [5, 5.41) is 0. The fraction of sp³-hybridized carbons (Fsp3) is 0.0714. The van der Waals surface area contributed by atoms with E-state index in [9.17, 15) is 9.18 Å². The van der Waals surface area contributed by atoms with Gasteiger partial charge in [-0.05, 0) is 36.8 Å². The molecule has 2 aromatic rings. The number of aldehydes is 1. The van der Waals surface area contributed by atoms with Crippen molar-refractivity contribution in [1.82, 2.24) is 9.97 Å². The van der Waals surface area contributed by atoms with Gasteiger partial charge in [-0.25, -0.2) is 14.4 Å². The Morgan fingerprint density at radius 2 is 1.72 bits per heavy atom. The third-order valence-electron chi connectivity index (χ3n) is 2.31. The minimum Gasteiger partial charge on any atom is -0.296 e. The molecule has 0 fully saturated rings. The number of aryl methyl sites for hydroxylation is 1. The zero-order valence-corrected chi connectivity index (χ0v) is 9.80. The van der Waals surface area contributed by atoms with E-state index in [1.54, 1.807) is 37.3 Å². The molecule has 4 heteroatoms. The zero-order valence-electron chi connectivity index (χ0n) is 9.80. The molecule has 90 valence electrons. The van der Waals surface area contributed by atoms with Crippen molar-refractivity contribution >= 4 is 18.4 Å². The lowest BCUT2D eigenvalue weighted by Crippen LogP contribution is -1.95. The molecule has 0 unspecified atom stereocenters. The van der Waals surface area contributed by atoms with Crippen molar-refractivity contribution in [3.63, 3.8) is 0 Å². The maximum Gasteiger partial charge on any atom is 0.168 e. The summed E-state index contributed by atoms with van der Waals surface area (Å²) in [5.74, 6) is 0.270. The number of rotatable bonds is 3. The van der Waals surface area contributed by atoms with Crippen molar-refractivity contribution in [1.29, 1.82) is 0 Å². The van der Waals surface area contributed by atoms with Crippen molar-refractivity contribution in [3.8, 4) is 0 Å². The molecule has 2 rings (SSSR count). The summed E-state index contributed by atoms with van der Waals surface area (Å²) in [6.07, 6.45) is 4.24. The third kappa shape index (κ3) is 3.07. The maximum absolute atomic E-state index is 12.7. The van der Waals surface area contributed by atoms with Gasteiger partial charge < -0.3 is 0 Å². The molecule has 0 aliphatic carbocycles. The lowest BCUT2D eigenvalue weighted by molar-refractivity contribution is 0.111. The van der Waals surface area contributed by atoms with Crippen LogP contribution in [0.3, 0.4) is 0 Å². The number of aromatic nitrogens is 2. The molecule has 0 atom stereocenters. The highest BCUT2D eigenvalue weighted by Crippen LogP contribution is 2.08. The van der Waals surface area contributed by atoms with Gasteiger partial charge in [-0.1, -0.05) is 18.2 Å². The number of nitrogens with zero attached hydrogens (tertiary/aromatic N) is 2. The van der Waals surface area contributed by atoms with Gasteiger partial charge in [0, 0.05) is 0 Å². The standard InChI is InChI=1S/C14H11FN2O/c1-10-16-13(8-14(9-18)17-10)7-4-11-2-5-12(15)6-3-11/h2-9H,1H3/b7-4+. The smallest absolute Gasteiger partial charge is 0.168 e. The van der Waals surface area contributed by atoms with Crippen LogP contribution in [0, 0.1) is 12.7 Å². The molecule has 1 heterocycles. The molecule has 0 aliphatic rings. The molecule has 0 bridgehead atoms. The molecule has 18 heavy (non-hydrogen) atoms. The largest absolute Gasteiger partial charge is 0.296 e. The quantitative estimate of drug-likeness (QED) is 0.777. The van der Waals surface area contributed by atoms with Crippen LogP contribution in [0.25, 0.3) is 12.2 Å². The number of hydrogen-bond donors (Lipinski definition) is 0. The summed E-state index contributed by atoms with van der Waals surface area (Å²) in [7, 11) is 0. The number of hydrogen-bond acceptors (Lipinski definition) is 3. The second-order valence-corrected chi connectivity index (χ2v) is 3.77. The summed E-state index contributed by atoms with van der Waals surface area (Å²) in [5.41, 5.74) is 1.86. The van der Waals surface area contributed by atoms with Crippen LogP contribution >= 0.6 is 0 Å². The number of benzene rings is 1. The van der Waals surface area contributed by atoms with E-state index in [2.05, 4.69) is 9.97 Å². The van der Waals surface area contributed by atoms with Crippen LogP contribution < -0.4 is 0 Å². The first kappa shape index (κ1) is 12.1. The predicted octanol–water partition coefficient (Wildman–Crippen LogP) is 2.91. The maximum atomic E-state index is 12.7. The van der Waals surface area contributed by atoms with Gasteiger partial charge in [-0.15, -0.1) is 0 Å². The number of carbonyl (C=O) groups is 1. The van der Waals surface area contributed by atoms with Crippen molar-refractivity contribution in [2.75, 3.05) is 0 Å². The van der Waals surface area contributed by atoms with Crippen molar-refractivity contribution in [2.45, 2.75) is 6.92 Å². The highest BCUT2D eigenvalue weighted by atomic mass is 19.1. The number of halogens is 1. The molecule has 0 saturated carbocycles. The van der Waals surface area contributed by atoms with Crippen LogP contribution in [0.4, 0.5) is 4.39 Å². The van der Waals surface area contributed by atoms with E-state index < -0.39 is 0 Å². The van der Waals surface area contributed by atoms with E-state index in [0.29, 0.717) is 23.5 Å². The van der Waals surface area contributed by atoms with Gasteiger partial charge in [0.05, 0.1) is 5.69 Å². The van der Waals surface area contributed by atoms with Crippen LogP contribution in [0.15, 0.2) is 30.3 Å². The summed E-state index contributed by atoms with van der Waals surface area (Å²) < 4.78 is 12.7. The zero-order chi connectivity index (χ0) is 13.0. The molecule has 0 aliphatic heterocycles. The van der Waals surface area contributed by atoms with Crippen LogP contribution in [-0.4, -0.2) is 16.3 Å². The van der Waals surface area contributed by atoms with Gasteiger partial charge in [-0.3, -0.25) is 4.79 Å². The van der Waals surface area contributed by atoms with E-state index >= 15 is 0 Å². The van der Waals surface area contributed by atoms with Gasteiger partial charge >= 0.3 is 0 Å². The Balaban J connectivity index is 2.25. The van der Waals surface area contributed by atoms with E-state index in [0.717, 1.165) is 5.56 Å². The van der Waals surface area contributed by atoms with Crippen molar-refractivity contribution in [2.24, 2.45) is 0 Å². The predicted molar refractivity (Wildman–Crippen MR) is 67.5 cm³/mol. The minimum atomic E-state index is -0.270. The van der Waals surface area contributed by atoms with Gasteiger partial charge in [0.2, 0.25) is 0 Å². The van der Waals surface area contributed by atoms with Gasteiger partial charge in [-0.2, -0.15) is 0 Å². The molecule has 3 nitrogen and oxygen atoms in total. The summed E-state index contributed by atoms with van der Waals surface area (Å²) >= 11 is 0. The minimum absolute atomic E-state index is 0.270. The molecular formula is C14H11FN2O. The Bertz CT molecular complexity index is 591. The second kappa shape index (κ2) is 5.31. The lowest BCUT2D eigenvalue weighted by Gasteiger charge is -1.98. The molecule has 1 aromatic heterocycles. The Labute approximate surface area is 104 Å². The Morgan fingerprint density at radius 1 is 1.06 bits per heavy atom. The number of carbonyl (C=O) groups excluding carboxylic acids is 1. The fourth-order valence-electron chi connectivity index (χ4n) is 1.52. The molecule has 0 radical (unpaired) electrons. The van der Waals surface area contributed by atoms with Crippen LogP contribution in [0.1, 0.15) is 27.6 Å².